The largest absolute Gasteiger partial charge is 0.345 e. The maximum absolute atomic E-state index is 11.8. The van der Waals surface area contributed by atoms with Crippen molar-refractivity contribution in [3.63, 3.8) is 0 Å². The molecule has 0 saturated heterocycles. The summed E-state index contributed by atoms with van der Waals surface area (Å²) >= 11 is 0. The van der Waals surface area contributed by atoms with E-state index in [1.807, 2.05) is 25.1 Å². The minimum atomic E-state index is 0.235. The summed E-state index contributed by atoms with van der Waals surface area (Å²) in [5.41, 5.74) is 2.63. The number of rotatable bonds is 7. The molecule has 100 valence electrons. The Kier molecular flexibility index (Phi) is 6.44. The van der Waals surface area contributed by atoms with Gasteiger partial charge in [-0.05, 0) is 44.5 Å². The van der Waals surface area contributed by atoms with Gasteiger partial charge >= 0.3 is 0 Å². The standard InChI is InChI=1S/C15H24N2O/c1-13-7-4-5-8-14(13)10-12-17(3)15(18)9-6-11-16-2/h4-5,7-8,16H,6,9-12H2,1-3H3. The van der Waals surface area contributed by atoms with E-state index in [-0.39, 0.29) is 5.91 Å². The lowest BCUT2D eigenvalue weighted by molar-refractivity contribution is -0.129. The van der Waals surface area contributed by atoms with Gasteiger partial charge in [0.15, 0.2) is 0 Å². The molecule has 3 nitrogen and oxygen atoms in total. The molecule has 0 atom stereocenters. The van der Waals surface area contributed by atoms with Crippen LogP contribution in [0.1, 0.15) is 24.0 Å². The number of amides is 1. The highest BCUT2D eigenvalue weighted by Crippen LogP contribution is 2.08. The zero-order valence-electron chi connectivity index (χ0n) is 11.7. The number of carbonyl (C=O) groups excluding carboxylic acids is 1. The topological polar surface area (TPSA) is 32.3 Å². The Bertz CT molecular complexity index is 377. The van der Waals surface area contributed by atoms with Crippen LogP contribution in [0.25, 0.3) is 0 Å². The zero-order chi connectivity index (χ0) is 13.4. The van der Waals surface area contributed by atoms with E-state index in [1.165, 1.54) is 11.1 Å². The number of hydrogen-bond acceptors (Lipinski definition) is 2. The Morgan fingerprint density at radius 3 is 2.72 bits per heavy atom. The summed E-state index contributed by atoms with van der Waals surface area (Å²) in [6, 6.07) is 8.35. The van der Waals surface area contributed by atoms with Gasteiger partial charge in [-0.2, -0.15) is 0 Å². The van der Waals surface area contributed by atoms with Crippen molar-refractivity contribution in [2.24, 2.45) is 0 Å². The number of likely N-dealkylation sites (N-methyl/N-ethyl adjacent to an activating group) is 1. The summed E-state index contributed by atoms with van der Waals surface area (Å²) in [6.45, 7) is 3.81. The third-order valence-electron chi connectivity index (χ3n) is 3.22. The molecule has 0 aromatic heterocycles. The van der Waals surface area contributed by atoms with Crippen LogP contribution in [-0.2, 0) is 11.2 Å². The first-order valence-electron chi connectivity index (χ1n) is 6.58. The maximum Gasteiger partial charge on any atom is 0.222 e. The molecule has 0 saturated carbocycles. The van der Waals surface area contributed by atoms with Gasteiger partial charge in [-0.25, -0.2) is 0 Å². The second-order valence-electron chi connectivity index (χ2n) is 4.70. The monoisotopic (exact) mass is 248 g/mol. The smallest absolute Gasteiger partial charge is 0.222 e. The van der Waals surface area contributed by atoms with E-state index in [1.54, 1.807) is 0 Å². The Labute approximate surface area is 110 Å². The van der Waals surface area contributed by atoms with E-state index in [4.69, 9.17) is 0 Å². The molecular formula is C15H24N2O. The summed E-state index contributed by atoms with van der Waals surface area (Å²) in [5.74, 6) is 0.235. The van der Waals surface area contributed by atoms with E-state index >= 15 is 0 Å². The van der Waals surface area contributed by atoms with Crippen molar-refractivity contribution < 1.29 is 4.79 Å². The Hall–Kier alpha value is -1.35. The average molecular weight is 248 g/mol. The maximum atomic E-state index is 11.8. The van der Waals surface area contributed by atoms with Gasteiger partial charge in [0.05, 0.1) is 0 Å². The average Bonchev–Trinajstić information content (AvgIpc) is 2.37. The molecule has 18 heavy (non-hydrogen) atoms. The van der Waals surface area contributed by atoms with Crippen molar-refractivity contribution in [2.45, 2.75) is 26.2 Å². The summed E-state index contributed by atoms with van der Waals surface area (Å²) in [4.78, 5) is 13.7. The fourth-order valence-corrected chi connectivity index (χ4v) is 1.91. The van der Waals surface area contributed by atoms with E-state index in [9.17, 15) is 4.79 Å². The Morgan fingerprint density at radius 2 is 2.06 bits per heavy atom. The molecule has 3 heteroatoms. The van der Waals surface area contributed by atoms with E-state index in [0.717, 1.165) is 25.9 Å². The number of benzene rings is 1. The number of hydrogen-bond donors (Lipinski definition) is 1. The number of nitrogens with zero attached hydrogens (tertiary/aromatic N) is 1. The van der Waals surface area contributed by atoms with E-state index < -0.39 is 0 Å². The van der Waals surface area contributed by atoms with Crippen molar-refractivity contribution in [2.75, 3.05) is 27.2 Å². The van der Waals surface area contributed by atoms with Crippen molar-refractivity contribution >= 4 is 5.91 Å². The van der Waals surface area contributed by atoms with Gasteiger partial charge < -0.3 is 10.2 Å². The van der Waals surface area contributed by atoms with E-state index in [2.05, 4.69) is 30.4 Å². The minimum absolute atomic E-state index is 0.235. The highest BCUT2D eigenvalue weighted by atomic mass is 16.2. The lowest BCUT2D eigenvalue weighted by Gasteiger charge is -2.17. The highest BCUT2D eigenvalue weighted by Gasteiger charge is 2.08. The van der Waals surface area contributed by atoms with Crippen LogP contribution in [0.5, 0.6) is 0 Å². The molecule has 0 bridgehead atoms. The van der Waals surface area contributed by atoms with Gasteiger partial charge in [0, 0.05) is 20.0 Å². The normalized spacial score (nSPS) is 10.4. The van der Waals surface area contributed by atoms with Gasteiger partial charge in [0.1, 0.15) is 0 Å². The molecule has 0 aliphatic heterocycles. The molecule has 1 rings (SSSR count). The van der Waals surface area contributed by atoms with Crippen LogP contribution in [0, 0.1) is 6.92 Å². The zero-order valence-corrected chi connectivity index (χ0v) is 11.7. The van der Waals surface area contributed by atoms with Crippen molar-refractivity contribution in [3.05, 3.63) is 35.4 Å². The van der Waals surface area contributed by atoms with Gasteiger partial charge in [0.2, 0.25) is 5.91 Å². The van der Waals surface area contributed by atoms with Crippen LogP contribution in [-0.4, -0.2) is 38.0 Å². The van der Waals surface area contributed by atoms with Crippen molar-refractivity contribution in [3.8, 4) is 0 Å². The first-order chi connectivity index (χ1) is 8.65. The Morgan fingerprint density at radius 1 is 1.33 bits per heavy atom. The molecular weight excluding hydrogens is 224 g/mol. The molecule has 0 radical (unpaired) electrons. The Balaban J connectivity index is 2.34. The van der Waals surface area contributed by atoms with Crippen LogP contribution < -0.4 is 5.32 Å². The summed E-state index contributed by atoms with van der Waals surface area (Å²) in [7, 11) is 3.80. The molecule has 0 spiro atoms. The molecule has 1 aromatic rings. The lowest BCUT2D eigenvalue weighted by Crippen LogP contribution is -2.29. The molecule has 0 aliphatic rings. The van der Waals surface area contributed by atoms with Crippen LogP contribution >= 0.6 is 0 Å². The first kappa shape index (κ1) is 14.7. The van der Waals surface area contributed by atoms with Gasteiger partial charge in [0.25, 0.3) is 0 Å². The molecule has 0 aliphatic carbocycles. The van der Waals surface area contributed by atoms with Crippen LogP contribution in [0.4, 0.5) is 0 Å². The van der Waals surface area contributed by atoms with Crippen LogP contribution in [0.15, 0.2) is 24.3 Å². The molecule has 0 fully saturated rings. The predicted molar refractivity (Wildman–Crippen MR) is 75.7 cm³/mol. The molecule has 0 heterocycles. The van der Waals surface area contributed by atoms with Gasteiger partial charge in [-0.3, -0.25) is 4.79 Å². The predicted octanol–water partition coefficient (Wildman–Crippen LogP) is 2.00. The lowest BCUT2D eigenvalue weighted by atomic mass is 10.1. The molecule has 1 aromatic carbocycles. The van der Waals surface area contributed by atoms with Crippen LogP contribution in [0.3, 0.4) is 0 Å². The number of carbonyl (C=O) groups is 1. The second kappa shape index (κ2) is 7.88. The minimum Gasteiger partial charge on any atom is -0.345 e. The molecule has 1 N–H and O–H groups in total. The van der Waals surface area contributed by atoms with Gasteiger partial charge in [-0.15, -0.1) is 0 Å². The van der Waals surface area contributed by atoms with Gasteiger partial charge in [-0.1, -0.05) is 24.3 Å². The summed E-state index contributed by atoms with van der Waals surface area (Å²) < 4.78 is 0. The number of aryl methyl sites for hydroxylation is 1. The van der Waals surface area contributed by atoms with E-state index in [0.29, 0.717) is 6.42 Å². The summed E-state index contributed by atoms with van der Waals surface area (Å²) in [5, 5.41) is 3.06. The van der Waals surface area contributed by atoms with Crippen molar-refractivity contribution in [1.29, 1.82) is 0 Å². The summed E-state index contributed by atoms with van der Waals surface area (Å²) in [6.07, 6.45) is 2.47. The third-order valence-corrected chi connectivity index (χ3v) is 3.22. The third kappa shape index (κ3) is 4.88. The fraction of sp³-hybridized carbons (Fsp3) is 0.533. The molecule has 1 amide bonds. The second-order valence-corrected chi connectivity index (χ2v) is 4.70. The number of nitrogens with one attached hydrogen (secondary N) is 1. The fourth-order valence-electron chi connectivity index (χ4n) is 1.91. The quantitative estimate of drug-likeness (QED) is 0.749. The first-order valence-corrected chi connectivity index (χ1v) is 6.58. The highest BCUT2D eigenvalue weighted by molar-refractivity contribution is 5.75. The molecule has 0 unspecified atom stereocenters. The van der Waals surface area contributed by atoms with Crippen molar-refractivity contribution in [1.82, 2.24) is 10.2 Å². The van der Waals surface area contributed by atoms with Crippen LogP contribution in [0.2, 0.25) is 0 Å². The SMILES string of the molecule is CNCCCC(=O)N(C)CCc1ccccc1C.